The summed E-state index contributed by atoms with van der Waals surface area (Å²) in [4.78, 5) is 12.2. The van der Waals surface area contributed by atoms with Crippen molar-refractivity contribution in [3.05, 3.63) is 35.9 Å². The average molecular weight is 275 g/mol. The minimum Gasteiger partial charge on any atom is -0.352 e. The summed E-state index contributed by atoms with van der Waals surface area (Å²) in [6.07, 6.45) is 1.44. The maximum absolute atomic E-state index is 12.2. The van der Waals surface area contributed by atoms with E-state index in [9.17, 15) is 4.79 Å². The van der Waals surface area contributed by atoms with Crippen molar-refractivity contribution < 1.29 is 4.79 Å². The minimum atomic E-state index is 0.0270. The molecule has 1 aromatic rings. The van der Waals surface area contributed by atoms with Gasteiger partial charge in [0, 0.05) is 12.5 Å². The molecule has 0 aromatic heterocycles. The van der Waals surface area contributed by atoms with Gasteiger partial charge in [-0.05, 0) is 22.8 Å². The van der Waals surface area contributed by atoms with Crippen molar-refractivity contribution >= 4 is 5.91 Å². The predicted molar refractivity (Wildman–Crippen MR) is 85.6 cm³/mol. The van der Waals surface area contributed by atoms with Crippen molar-refractivity contribution in [2.24, 2.45) is 10.8 Å². The van der Waals surface area contributed by atoms with Gasteiger partial charge in [-0.1, -0.05) is 71.9 Å². The number of hydrogen-bond donors (Lipinski definition) is 1. The van der Waals surface area contributed by atoms with Crippen LogP contribution in [0.15, 0.2) is 30.3 Å². The van der Waals surface area contributed by atoms with E-state index in [0.717, 1.165) is 6.42 Å². The molecule has 1 atom stereocenters. The number of nitrogens with one attached hydrogen (secondary N) is 1. The average Bonchev–Trinajstić information content (AvgIpc) is 2.25. The Morgan fingerprint density at radius 3 is 2.05 bits per heavy atom. The minimum absolute atomic E-state index is 0.0270. The summed E-state index contributed by atoms with van der Waals surface area (Å²) < 4.78 is 0. The molecular weight excluding hydrogens is 246 g/mol. The van der Waals surface area contributed by atoms with Crippen LogP contribution in [0.3, 0.4) is 0 Å². The second-order valence-electron chi connectivity index (χ2n) is 7.91. The zero-order valence-corrected chi connectivity index (χ0v) is 13.8. The third-order valence-corrected chi connectivity index (χ3v) is 3.35. The van der Waals surface area contributed by atoms with Gasteiger partial charge < -0.3 is 5.32 Å². The van der Waals surface area contributed by atoms with E-state index in [4.69, 9.17) is 0 Å². The van der Waals surface area contributed by atoms with Crippen LogP contribution >= 0.6 is 0 Å². The van der Waals surface area contributed by atoms with Gasteiger partial charge in [0.25, 0.3) is 0 Å². The molecule has 112 valence electrons. The molecule has 0 aliphatic rings. The highest BCUT2D eigenvalue weighted by molar-refractivity contribution is 5.77. The van der Waals surface area contributed by atoms with Crippen molar-refractivity contribution in [3.8, 4) is 0 Å². The molecule has 0 fully saturated rings. The van der Waals surface area contributed by atoms with E-state index in [1.807, 2.05) is 18.2 Å². The fraction of sp³-hybridized carbons (Fsp3) is 0.611. The van der Waals surface area contributed by atoms with Gasteiger partial charge in [-0.25, -0.2) is 0 Å². The van der Waals surface area contributed by atoms with Crippen LogP contribution in [0.5, 0.6) is 0 Å². The smallest absolute Gasteiger partial charge is 0.220 e. The summed E-state index contributed by atoms with van der Waals surface area (Å²) in [5.74, 6) is 0.147. The summed E-state index contributed by atoms with van der Waals surface area (Å²) in [5, 5.41) is 3.22. The number of carbonyl (C=O) groups is 1. The van der Waals surface area contributed by atoms with Crippen LogP contribution in [0.1, 0.15) is 53.5 Å². The molecule has 2 nitrogen and oxygen atoms in total. The lowest BCUT2D eigenvalue weighted by Gasteiger charge is -2.32. The fourth-order valence-electron chi connectivity index (χ4n) is 2.15. The molecule has 0 saturated heterocycles. The first kappa shape index (κ1) is 16.7. The molecule has 1 N–H and O–H groups in total. The summed E-state index contributed by atoms with van der Waals surface area (Å²) in [6.45, 7) is 12.8. The first-order valence-electron chi connectivity index (χ1n) is 7.41. The number of rotatable bonds is 4. The van der Waals surface area contributed by atoms with Crippen molar-refractivity contribution in [2.75, 3.05) is 0 Å². The molecule has 1 unspecified atom stereocenters. The lowest BCUT2D eigenvalue weighted by molar-refractivity contribution is -0.124. The maximum atomic E-state index is 12.2. The number of carbonyl (C=O) groups excluding carboxylic acids is 1. The summed E-state index contributed by atoms with van der Waals surface area (Å²) in [6, 6.07) is 10.5. The van der Waals surface area contributed by atoms with E-state index < -0.39 is 0 Å². The molecule has 2 heteroatoms. The van der Waals surface area contributed by atoms with Crippen LogP contribution in [0, 0.1) is 10.8 Å². The summed E-state index contributed by atoms with van der Waals surface area (Å²) in [5.41, 5.74) is 1.34. The molecule has 0 spiro atoms. The first-order valence-corrected chi connectivity index (χ1v) is 7.41. The Labute approximate surface area is 124 Å². The quantitative estimate of drug-likeness (QED) is 0.877. The Kier molecular flexibility index (Phi) is 5.38. The largest absolute Gasteiger partial charge is 0.352 e. The van der Waals surface area contributed by atoms with Crippen LogP contribution in [0.25, 0.3) is 0 Å². The van der Waals surface area contributed by atoms with E-state index in [1.54, 1.807) is 0 Å². The van der Waals surface area contributed by atoms with Crippen LogP contribution < -0.4 is 5.32 Å². The molecular formula is C18H29NO. The number of benzene rings is 1. The molecule has 0 saturated carbocycles. The van der Waals surface area contributed by atoms with Gasteiger partial charge in [-0.15, -0.1) is 0 Å². The highest BCUT2D eigenvalue weighted by atomic mass is 16.1. The van der Waals surface area contributed by atoms with Gasteiger partial charge in [0.05, 0.1) is 0 Å². The Morgan fingerprint density at radius 2 is 1.60 bits per heavy atom. The van der Waals surface area contributed by atoms with Crippen molar-refractivity contribution in [1.29, 1.82) is 0 Å². The van der Waals surface area contributed by atoms with Crippen LogP contribution in [-0.2, 0) is 11.2 Å². The Hall–Kier alpha value is -1.31. The molecule has 1 amide bonds. The van der Waals surface area contributed by atoms with E-state index in [2.05, 4.69) is 59.0 Å². The van der Waals surface area contributed by atoms with Gasteiger partial charge >= 0.3 is 0 Å². The topological polar surface area (TPSA) is 29.1 Å². The van der Waals surface area contributed by atoms with Crippen molar-refractivity contribution in [1.82, 2.24) is 5.32 Å². The third-order valence-electron chi connectivity index (χ3n) is 3.35. The second-order valence-corrected chi connectivity index (χ2v) is 7.91. The van der Waals surface area contributed by atoms with Gasteiger partial charge in [-0.2, -0.15) is 0 Å². The molecule has 0 aliphatic heterocycles. The van der Waals surface area contributed by atoms with E-state index in [-0.39, 0.29) is 22.8 Å². The molecule has 0 heterocycles. The maximum Gasteiger partial charge on any atom is 0.220 e. The molecule has 0 aliphatic carbocycles. The van der Waals surface area contributed by atoms with Gasteiger partial charge in [0.2, 0.25) is 5.91 Å². The van der Waals surface area contributed by atoms with Crippen molar-refractivity contribution in [2.45, 2.75) is 60.4 Å². The Morgan fingerprint density at radius 1 is 1.05 bits per heavy atom. The monoisotopic (exact) mass is 275 g/mol. The molecule has 20 heavy (non-hydrogen) atoms. The standard InChI is InChI=1S/C18H29NO/c1-17(2,3)13-16(20)19-15(18(4,5)6)12-14-10-8-7-9-11-14/h7-11,15H,12-13H2,1-6H3,(H,19,20). The molecule has 0 radical (unpaired) electrons. The zero-order chi connectivity index (χ0) is 15.4. The fourth-order valence-corrected chi connectivity index (χ4v) is 2.15. The Balaban J connectivity index is 2.74. The van der Waals surface area contributed by atoms with E-state index >= 15 is 0 Å². The van der Waals surface area contributed by atoms with Gasteiger partial charge in [0.1, 0.15) is 0 Å². The molecule has 1 rings (SSSR count). The summed E-state index contributed by atoms with van der Waals surface area (Å²) >= 11 is 0. The van der Waals surface area contributed by atoms with E-state index in [0.29, 0.717) is 6.42 Å². The zero-order valence-electron chi connectivity index (χ0n) is 13.8. The summed E-state index contributed by atoms with van der Waals surface area (Å²) in [7, 11) is 0. The first-order chi connectivity index (χ1) is 9.08. The highest BCUT2D eigenvalue weighted by Gasteiger charge is 2.27. The molecule has 0 bridgehead atoms. The van der Waals surface area contributed by atoms with Gasteiger partial charge in [-0.3, -0.25) is 4.79 Å². The highest BCUT2D eigenvalue weighted by Crippen LogP contribution is 2.24. The predicted octanol–water partition coefficient (Wildman–Crippen LogP) is 4.20. The van der Waals surface area contributed by atoms with E-state index in [1.165, 1.54) is 5.56 Å². The SMILES string of the molecule is CC(C)(C)CC(=O)NC(Cc1ccccc1)C(C)(C)C. The Bertz CT molecular complexity index is 423. The lowest BCUT2D eigenvalue weighted by Crippen LogP contribution is -2.46. The molecule has 1 aromatic carbocycles. The van der Waals surface area contributed by atoms with Gasteiger partial charge in [0.15, 0.2) is 0 Å². The lowest BCUT2D eigenvalue weighted by atomic mass is 9.82. The van der Waals surface area contributed by atoms with Crippen LogP contribution in [-0.4, -0.2) is 11.9 Å². The van der Waals surface area contributed by atoms with Crippen molar-refractivity contribution in [3.63, 3.8) is 0 Å². The normalized spacial score (nSPS) is 13.9. The second kappa shape index (κ2) is 6.43. The number of hydrogen-bond acceptors (Lipinski definition) is 1. The van der Waals surface area contributed by atoms with Crippen LogP contribution in [0.2, 0.25) is 0 Å². The third kappa shape index (κ3) is 6.23. The van der Waals surface area contributed by atoms with Crippen LogP contribution in [0.4, 0.5) is 0 Å². The number of amides is 1.